The van der Waals surface area contributed by atoms with Crippen molar-refractivity contribution in [2.75, 3.05) is 14.2 Å². The molecule has 0 saturated carbocycles. The molecule has 0 spiro atoms. The second-order valence-electron chi connectivity index (χ2n) is 5.51. The van der Waals surface area contributed by atoms with Crippen molar-refractivity contribution in [3.8, 4) is 11.5 Å². The number of ether oxygens (including phenoxy) is 2. The SMILES string of the molecule is COc1ccc(C(C)c2nc(C)nc3ccccc23)cc1OC. The molecule has 1 heterocycles. The van der Waals surface area contributed by atoms with E-state index in [-0.39, 0.29) is 5.92 Å². The molecule has 3 rings (SSSR count). The zero-order valence-corrected chi connectivity index (χ0v) is 13.8. The van der Waals surface area contributed by atoms with Gasteiger partial charge >= 0.3 is 0 Å². The summed E-state index contributed by atoms with van der Waals surface area (Å²) in [5.41, 5.74) is 3.13. The number of fused-ring (bicyclic) bond motifs is 1. The fourth-order valence-corrected chi connectivity index (χ4v) is 2.83. The number of rotatable bonds is 4. The molecule has 0 amide bonds. The van der Waals surface area contributed by atoms with Gasteiger partial charge in [-0.1, -0.05) is 31.2 Å². The van der Waals surface area contributed by atoms with Crippen LogP contribution < -0.4 is 9.47 Å². The van der Waals surface area contributed by atoms with Crippen LogP contribution in [0.15, 0.2) is 42.5 Å². The predicted molar refractivity (Wildman–Crippen MR) is 91.3 cm³/mol. The van der Waals surface area contributed by atoms with Gasteiger partial charge < -0.3 is 9.47 Å². The van der Waals surface area contributed by atoms with E-state index in [2.05, 4.69) is 24.0 Å². The quantitative estimate of drug-likeness (QED) is 0.727. The van der Waals surface area contributed by atoms with Gasteiger partial charge in [0.2, 0.25) is 0 Å². The lowest BCUT2D eigenvalue weighted by atomic mass is 9.94. The summed E-state index contributed by atoms with van der Waals surface area (Å²) in [6.45, 7) is 4.08. The highest BCUT2D eigenvalue weighted by Crippen LogP contribution is 2.34. The van der Waals surface area contributed by atoms with Crippen LogP contribution in [-0.4, -0.2) is 24.2 Å². The molecule has 1 aromatic heterocycles. The molecule has 118 valence electrons. The monoisotopic (exact) mass is 308 g/mol. The largest absolute Gasteiger partial charge is 0.493 e. The lowest BCUT2D eigenvalue weighted by molar-refractivity contribution is 0.354. The topological polar surface area (TPSA) is 44.2 Å². The zero-order chi connectivity index (χ0) is 16.4. The molecule has 2 aromatic carbocycles. The Labute approximate surface area is 136 Å². The lowest BCUT2D eigenvalue weighted by Gasteiger charge is -2.16. The Morgan fingerprint density at radius 1 is 0.913 bits per heavy atom. The first-order valence-electron chi connectivity index (χ1n) is 7.59. The second-order valence-corrected chi connectivity index (χ2v) is 5.51. The molecule has 1 atom stereocenters. The van der Waals surface area contributed by atoms with Crippen molar-refractivity contribution in [3.05, 3.63) is 59.5 Å². The van der Waals surface area contributed by atoms with Gasteiger partial charge in [0.05, 0.1) is 25.4 Å². The highest BCUT2D eigenvalue weighted by molar-refractivity contribution is 5.81. The van der Waals surface area contributed by atoms with E-state index in [0.717, 1.165) is 39.5 Å². The molecule has 23 heavy (non-hydrogen) atoms. The van der Waals surface area contributed by atoms with Crippen LogP contribution in [0.25, 0.3) is 10.9 Å². The summed E-state index contributed by atoms with van der Waals surface area (Å²) in [6, 6.07) is 14.1. The highest BCUT2D eigenvalue weighted by Gasteiger charge is 2.17. The third kappa shape index (κ3) is 2.84. The first-order valence-corrected chi connectivity index (χ1v) is 7.59. The van der Waals surface area contributed by atoms with Gasteiger partial charge in [0.15, 0.2) is 11.5 Å². The summed E-state index contributed by atoms with van der Waals surface area (Å²) >= 11 is 0. The van der Waals surface area contributed by atoms with Crippen LogP contribution in [0.5, 0.6) is 11.5 Å². The number of methoxy groups -OCH3 is 2. The van der Waals surface area contributed by atoms with Crippen molar-refractivity contribution >= 4 is 10.9 Å². The van der Waals surface area contributed by atoms with E-state index >= 15 is 0 Å². The van der Waals surface area contributed by atoms with Crippen molar-refractivity contribution < 1.29 is 9.47 Å². The van der Waals surface area contributed by atoms with E-state index in [1.54, 1.807) is 14.2 Å². The third-order valence-electron chi connectivity index (χ3n) is 4.06. The fourth-order valence-electron chi connectivity index (χ4n) is 2.83. The summed E-state index contributed by atoms with van der Waals surface area (Å²) in [6.07, 6.45) is 0. The van der Waals surface area contributed by atoms with E-state index in [1.807, 2.05) is 37.3 Å². The number of hydrogen-bond donors (Lipinski definition) is 0. The van der Waals surface area contributed by atoms with Gasteiger partial charge in [-0.15, -0.1) is 0 Å². The Bertz CT molecular complexity index is 846. The molecule has 4 nitrogen and oxygen atoms in total. The second kappa shape index (κ2) is 6.24. The number of para-hydroxylation sites is 1. The van der Waals surface area contributed by atoms with Crippen molar-refractivity contribution in [2.24, 2.45) is 0 Å². The molecular formula is C19H20N2O2. The van der Waals surface area contributed by atoms with E-state index in [4.69, 9.17) is 14.5 Å². The molecule has 3 aromatic rings. The van der Waals surface area contributed by atoms with E-state index in [0.29, 0.717) is 0 Å². The molecule has 0 fully saturated rings. The molecule has 0 bridgehead atoms. The van der Waals surface area contributed by atoms with Crippen LogP contribution in [0.2, 0.25) is 0 Å². The highest BCUT2D eigenvalue weighted by atomic mass is 16.5. The maximum Gasteiger partial charge on any atom is 0.161 e. The molecule has 0 N–H and O–H groups in total. The Balaban J connectivity index is 2.12. The number of hydrogen-bond acceptors (Lipinski definition) is 4. The van der Waals surface area contributed by atoms with Gasteiger partial charge in [0, 0.05) is 11.3 Å². The zero-order valence-electron chi connectivity index (χ0n) is 13.8. The van der Waals surface area contributed by atoms with Gasteiger partial charge in [0.1, 0.15) is 5.82 Å². The maximum atomic E-state index is 5.42. The Kier molecular flexibility index (Phi) is 4.15. The Morgan fingerprint density at radius 3 is 2.39 bits per heavy atom. The minimum Gasteiger partial charge on any atom is -0.493 e. The first kappa shape index (κ1) is 15.3. The summed E-state index contributed by atoms with van der Waals surface area (Å²) < 4.78 is 10.7. The van der Waals surface area contributed by atoms with Gasteiger partial charge in [-0.2, -0.15) is 0 Å². The van der Waals surface area contributed by atoms with Crippen LogP contribution in [-0.2, 0) is 0 Å². The van der Waals surface area contributed by atoms with Crippen molar-refractivity contribution in [2.45, 2.75) is 19.8 Å². The van der Waals surface area contributed by atoms with Gasteiger partial charge in [-0.05, 0) is 30.7 Å². The van der Waals surface area contributed by atoms with Gasteiger partial charge in [-0.3, -0.25) is 0 Å². The minimum atomic E-state index is 0.126. The summed E-state index contributed by atoms with van der Waals surface area (Å²) in [4.78, 5) is 9.21. The summed E-state index contributed by atoms with van der Waals surface area (Å²) in [5.74, 6) is 2.37. The number of aromatic nitrogens is 2. The lowest BCUT2D eigenvalue weighted by Crippen LogP contribution is -2.04. The minimum absolute atomic E-state index is 0.126. The average molecular weight is 308 g/mol. The molecular weight excluding hydrogens is 288 g/mol. The van der Waals surface area contributed by atoms with E-state index in [9.17, 15) is 0 Å². The van der Waals surface area contributed by atoms with E-state index < -0.39 is 0 Å². The first-order chi connectivity index (χ1) is 11.1. The molecule has 0 radical (unpaired) electrons. The Hall–Kier alpha value is -2.62. The normalized spacial score (nSPS) is 12.2. The maximum absolute atomic E-state index is 5.42. The molecule has 0 aliphatic heterocycles. The third-order valence-corrected chi connectivity index (χ3v) is 4.06. The average Bonchev–Trinajstić information content (AvgIpc) is 2.59. The van der Waals surface area contributed by atoms with Gasteiger partial charge in [-0.25, -0.2) is 9.97 Å². The van der Waals surface area contributed by atoms with Crippen LogP contribution in [0.4, 0.5) is 0 Å². The van der Waals surface area contributed by atoms with Crippen molar-refractivity contribution in [1.82, 2.24) is 9.97 Å². The van der Waals surface area contributed by atoms with Crippen molar-refractivity contribution in [1.29, 1.82) is 0 Å². The van der Waals surface area contributed by atoms with E-state index in [1.165, 1.54) is 0 Å². The molecule has 0 aliphatic rings. The van der Waals surface area contributed by atoms with Crippen LogP contribution in [0.3, 0.4) is 0 Å². The Morgan fingerprint density at radius 2 is 1.65 bits per heavy atom. The molecule has 0 aliphatic carbocycles. The van der Waals surface area contributed by atoms with Crippen LogP contribution >= 0.6 is 0 Å². The summed E-state index contributed by atoms with van der Waals surface area (Å²) in [5, 5.41) is 1.08. The number of aryl methyl sites for hydroxylation is 1. The summed E-state index contributed by atoms with van der Waals surface area (Å²) in [7, 11) is 3.29. The molecule has 1 unspecified atom stereocenters. The molecule has 4 heteroatoms. The standard InChI is InChI=1S/C19H20N2O2/c1-12(14-9-10-17(22-3)18(11-14)23-4)19-15-7-5-6-8-16(15)20-13(2)21-19/h5-12H,1-4H3. The number of benzene rings is 2. The van der Waals surface area contributed by atoms with Crippen LogP contribution in [0.1, 0.15) is 29.9 Å². The predicted octanol–water partition coefficient (Wildman–Crippen LogP) is 4.11. The number of nitrogens with zero attached hydrogens (tertiary/aromatic N) is 2. The fraction of sp³-hybridized carbons (Fsp3) is 0.263. The van der Waals surface area contributed by atoms with Crippen molar-refractivity contribution in [3.63, 3.8) is 0 Å². The van der Waals surface area contributed by atoms with Gasteiger partial charge in [0.25, 0.3) is 0 Å². The van der Waals surface area contributed by atoms with Crippen LogP contribution in [0, 0.1) is 6.92 Å². The molecule has 0 saturated heterocycles. The smallest absolute Gasteiger partial charge is 0.161 e.